The summed E-state index contributed by atoms with van der Waals surface area (Å²) in [5.74, 6) is 1.18. The second-order valence-electron chi connectivity index (χ2n) is 4.05. The van der Waals surface area contributed by atoms with Crippen molar-refractivity contribution in [2.24, 2.45) is 0 Å². The summed E-state index contributed by atoms with van der Waals surface area (Å²) in [6.45, 7) is 0.779. The monoisotopic (exact) mass is 276 g/mol. The van der Waals surface area contributed by atoms with E-state index in [2.05, 4.69) is 10.3 Å². The molecule has 0 bridgehead atoms. The van der Waals surface area contributed by atoms with Gasteiger partial charge in [-0.2, -0.15) is 0 Å². The molecule has 0 spiro atoms. The highest BCUT2D eigenvalue weighted by atomic mass is 32.1. The van der Waals surface area contributed by atoms with Crippen LogP contribution in [0.3, 0.4) is 0 Å². The molecular weight excluding hydrogens is 264 g/mol. The highest BCUT2D eigenvalue weighted by molar-refractivity contribution is 7.07. The number of fused-ring (bicyclic) bond motifs is 1. The number of carbonyl (C=O) groups excluding carboxylic acids is 1. The van der Waals surface area contributed by atoms with Crippen molar-refractivity contribution in [1.82, 2.24) is 10.3 Å². The van der Waals surface area contributed by atoms with E-state index in [9.17, 15) is 4.79 Å². The lowest BCUT2D eigenvalue weighted by molar-refractivity contribution is 0.0953. The highest BCUT2D eigenvalue weighted by Crippen LogP contribution is 2.32. The summed E-state index contributed by atoms with van der Waals surface area (Å²) in [5.41, 5.74) is 3.35. The van der Waals surface area contributed by atoms with Crippen LogP contribution in [0, 0.1) is 0 Å². The zero-order chi connectivity index (χ0) is 13.1. The zero-order valence-electron chi connectivity index (χ0n) is 10.1. The van der Waals surface area contributed by atoms with Crippen LogP contribution in [0.1, 0.15) is 16.1 Å². The molecule has 1 aromatic carbocycles. The standard InChI is InChI=1S/C13H12N2O3S/c16-13(14-4-3-10-6-19-7-15-10)9-1-2-11-12(5-9)18-8-17-11/h1-2,5-7H,3-4,8H2,(H,14,16). The molecule has 98 valence electrons. The van der Waals surface area contributed by atoms with E-state index < -0.39 is 0 Å². The van der Waals surface area contributed by atoms with E-state index in [0.717, 1.165) is 12.1 Å². The number of thiazole rings is 1. The minimum atomic E-state index is -0.117. The smallest absolute Gasteiger partial charge is 0.251 e. The number of aromatic nitrogens is 1. The third-order valence-electron chi connectivity index (χ3n) is 2.78. The molecule has 0 saturated heterocycles. The Morgan fingerprint density at radius 1 is 1.37 bits per heavy atom. The predicted molar refractivity (Wildman–Crippen MR) is 70.7 cm³/mol. The van der Waals surface area contributed by atoms with Gasteiger partial charge >= 0.3 is 0 Å². The maximum Gasteiger partial charge on any atom is 0.251 e. The van der Waals surface area contributed by atoms with E-state index in [1.165, 1.54) is 0 Å². The Kier molecular flexibility index (Phi) is 3.33. The molecule has 0 saturated carbocycles. The molecule has 1 aliphatic rings. The molecule has 0 aliphatic carbocycles. The zero-order valence-corrected chi connectivity index (χ0v) is 10.9. The third kappa shape index (κ3) is 2.68. The first kappa shape index (κ1) is 12.0. The van der Waals surface area contributed by atoms with Crippen molar-refractivity contribution in [2.75, 3.05) is 13.3 Å². The first-order valence-corrected chi connectivity index (χ1v) is 6.82. The van der Waals surface area contributed by atoms with Crippen LogP contribution in [0.25, 0.3) is 0 Å². The van der Waals surface area contributed by atoms with E-state index in [0.29, 0.717) is 23.6 Å². The van der Waals surface area contributed by atoms with Crippen molar-refractivity contribution < 1.29 is 14.3 Å². The van der Waals surface area contributed by atoms with Crippen LogP contribution < -0.4 is 14.8 Å². The van der Waals surface area contributed by atoms with Crippen LogP contribution in [-0.2, 0) is 6.42 Å². The lowest BCUT2D eigenvalue weighted by Gasteiger charge is -2.05. The fourth-order valence-electron chi connectivity index (χ4n) is 1.80. The maximum absolute atomic E-state index is 11.9. The molecule has 1 N–H and O–H groups in total. The molecule has 0 unspecified atom stereocenters. The van der Waals surface area contributed by atoms with Gasteiger partial charge in [0.25, 0.3) is 5.91 Å². The highest BCUT2D eigenvalue weighted by Gasteiger charge is 2.15. The normalized spacial score (nSPS) is 12.4. The molecule has 19 heavy (non-hydrogen) atoms. The van der Waals surface area contributed by atoms with Crippen molar-refractivity contribution in [3.05, 3.63) is 40.3 Å². The van der Waals surface area contributed by atoms with Gasteiger partial charge in [0.2, 0.25) is 6.79 Å². The summed E-state index contributed by atoms with van der Waals surface area (Å²) < 4.78 is 10.4. The van der Waals surface area contributed by atoms with Gasteiger partial charge in [0, 0.05) is 23.9 Å². The number of hydrogen-bond acceptors (Lipinski definition) is 5. The molecule has 0 fully saturated rings. The molecular formula is C13H12N2O3S. The Morgan fingerprint density at radius 3 is 3.11 bits per heavy atom. The lowest BCUT2D eigenvalue weighted by atomic mass is 10.2. The predicted octanol–water partition coefficient (Wildman–Crippen LogP) is 1.84. The van der Waals surface area contributed by atoms with Gasteiger partial charge in [0.1, 0.15) is 0 Å². The second kappa shape index (κ2) is 5.27. The summed E-state index contributed by atoms with van der Waals surface area (Å²) in [6.07, 6.45) is 0.736. The van der Waals surface area contributed by atoms with Gasteiger partial charge in [0.05, 0.1) is 11.2 Å². The summed E-state index contributed by atoms with van der Waals surface area (Å²) in [5, 5.41) is 4.84. The average molecular weight is 276 g/mol. The molecule has 5 nitrogen and oxygen atoms in total. The minimum Gasteiger partial charge on any atom is -0.454 e. The summed E-state index contributed by atoms with van der Waals surface area (Å²) in [4.78, 5) is 16.1. The van der Waals surface area contributed by atoms with E-state index >= 15 is 0 Å². The molecule has 0 radical (unpaired) electrons. The molecule has 6 heteroatoms. The van der Waals surface area contributed by atoms with Crippen LogP contribution in [0.4, 0.5) is 0 Å². The van der Waals surface area contributed by atoms with E-state index in [4.69, 9.17) is 9.47 Å². The van der Waals surface area contributed by atoms with Crippen molar-refractivity contribution in [3.8, 4) is 11.5 Å². The third-order valence-corrected chi connectivity index (χ3v) is 3.42. The maximum atomic E-state index is 11.9. The van der Waals surface area contributed by atoms with E-state index in [-0.39, 0.29) is 12.7 Å². The first-order valence-electron chi connectivity index (χ1n) is 5.88. The Labute approximate surface area is 114 Å². The van der Waals surface area contributed by atoms with Crippen LogP contribution in [0.15, 0.2) is 29.1 Å². The number of carbonyl (C=O) groups is 1. The van der Waals surface area contributed by atoms with E-state index in [1.807, 2.05) is 5.38 Å². The van der Waals surface area contributed by atoms with Crippen molar-refractivity contribution >= 4 is 17.2 Å². The van der Waals surface area contributed by atoms with Gasteiger partial charge in [-0.25, -0.2) is 4.98 Å². The number of hydrogen-bond donors (Lipinski definition) is 1. The van der Waals surface area contributed by atoms with Crippen LogP contribution >= 0.6 is 11.3 Å². The number of amides is 1. The van der Waals surface area contributed by atoms with Crippen molar-refractivity contribution in [2.45, 2.75) is 6.42 Å². The molecule has 1 amide bonds. The summed E-state index contributed by atoms with van der Waals surface area (Å²) in [7, 11) is 0. The Hall–Kier alpha value is -2.08. The van der Waals surface area contributed by atoms with Gasteiger partial charge in [0.15, 0.2) is 11.5 Å². The molecule has 2 aromatic rings. The van der Waals surface area contributed by atoms with Crippen LogP contribution in [0.5, 0.6) is 11.5 Å². The second-order valence-corrected chi connectivity index (χ2v) is 4.77. The number of ether oxygens (including phenoxy) is 2. The largest absolute Gasteiger partial charge is 0.454 e. The minimum absolute atomic E-state index is 0.117. The number of nitrogens with one attached hydrogen (secondary N) is 1. The molecule has 0 atom stereocenters. The van der Waals surface area contributed by atoms with Crippen molar-refractivity contribution in [1.29, 1.82) is 0 Å². The SMILES string of the molecule is O=C(NCCc1cscn1)c1ccc2c(c1)OCO2. The first-order chi connectivity index (χ1) is 9.33. The van der Waals surface area contributed by atoms with E-state index in [1.54, 1.807) is 35.0 Å². The Balaban J connectivity index is 1.58. The van der Waals surface area contributed by atoms with Gasteiger partial charge in [-0.3, -0.25) is 4.79 Å². The molecule has 1 aromatic heterocycles. The van der Waals surface area contributed by atoms with Gasteiger partial charge in [-0.05, 0) is 18.2 Å². The quantitative estimate of drug-likeness (QED) is 0.925. The van der Waals surface area contributed by atoms with Gasteiger partial charge in [-0.1, -0.05) is 0 Å². The summed E-state index contributed by atoms with van der Waals surface area (Å²) in [6, 6.07) is 5.17. The molecule has 1 aliphatic heterocycles. The summed E-state index contributed by atoms with van der Waals surface area (Å²) >= 11 is 1.55. The Bertz CT molecular complexity index is 584. The number of benzene rings is 1. The van der Waals surface area contributed by atoms with Crippen LogP contribution in [0.2, 0.25) is 0 Å². The van der Waals surface area contributed by atoms with Gasteiger partial charge in [-0.15, -0.1) is 11.3 Å². The lowest BCUT2D eigenvalue weighted by Crippen LogP contribution is -2.25. The number of rotatable bonds is 4. The number of nitrogens with zero attached hydrogens (tertiary/aromatic N) is 1. The van der Waals surface area contributed by atoms with Crippen molar-refractivity contribution in [3.63, 3.8) is 0 Å². The van der Waals surface area contributed by atoms with Gasteiger partial charge < -0.3 is 14.8 Å². The molecule has 3 rings (SSSR count). The Morgan fingerprint density at radius 2 is 2.26 bits per heavy atom. The average Bonchev–Trinajstić information content (AvgIpc) is 3.08. The van der Waals surface area contributed by atoms with Crippen LogP contribution in [-0.4, -0.2) is 24.2 Å². The molecule has 2 heterocycles. The topological polar surface area (TPSA) is 60.5 Å². The fourth-order valence-corrected chi connectivity index (χ4v) is 2.40. The fraction of sp³-hybridized carbons (Fsp3) is 0.231.